The van der Waals surface area contributed by atoms with Gasteiger partial charge in [-0.2, -0.15) is 0 Å². The van der Waals surface area contributed by atoms with E-state index in [0.29, 0.717) is 17.3 Å². The number of nitro groups is 1. The fourth-order valence-corrected chi connectivity index (χ4v) is 1.60. The van der Waals surface area contributed by atoms with Gasteiger partial charge in [-0.3, -0.25) is 10.1 Å². The van der Waals surface area contributed by atoms with Crippen LogP contribution in [0.2, 0.25) is 5.02 Å². The summed E-state index contributed by atoms with van der Waals surface area (Å²) in [7, 11) is 0. The third kappa shape index (κ3) is 2.82. The maximum Gasteiger partial charge on any atom is 0.134 e. The summed E-state index contributed by atoms with van der Waals surface area (Å²) in [5.41, 5.74) is 0.777. The van der Waals surface area contributed by atoms with Crippen molar-refractivity contribution in [2.75, 3.05) is 0 Å². The van der Waals surface area contributed by atoms with E-state index in [1.54, 1.807) is 30.3 Å². The Balaban J connectivity index is 2.19. The Morgan fingerprint density at radius 3 is 2.56 bits per heavy atom. The quantitative estimate of drug-likeness (QED) is 0.524. The van der Waals surface area contributed by atoms with E-state index in [1.165, 1.54) is 6.07 Å². The summed E-state index contributed by atoms with van der Waals surface area (Å²) in [6.07, 6.45) is -1.36. The van der Waals surface area contributed by atoms with Gasteiger partial charge in [0.2, 0.25) is 0 Å². The number of aliphatic hydroxyl groups is 1. The molecule has 0 aliphatic heterocycles. The average molecular weight is 267 g/mol. The summed E-state index contributed by atoms with van der Waals surface area (Å²) >= 11 is 5.76. The Hall–Kier alpha value is -1.98. The summed E-state index contributed by atoms with van der Waals surface area (Å²) in [5.74, 6) is 0.633. The maximum absolute atomic E-state index is 10.2. The molecule has 0 saturated heterocycles. The highest BCUT2D eigenvalue weighted by atomic mass is 35.5. The summed E-state index contributed by atoms with van der Waals surface area (Å²) in [5, 5.41) is 20.3. The fraction of sp³-hybridized carbons (Fsp3) is 0.0833. The molecule has 1 N–H and O–H groups in total. The van der Waals surface area contributed by atoms with Gasteiger partial charge in [0.15, 0.2) is 0 Å². The van der Waals surface area contributed by atoms with Crippen LogP contribution >= 0.6 is 11.6 Å². The minimum absolute atomic E-state index is 0.122. The van der Waals surface area contributed by atoms with Gasteiger partial charge in [0.05, 0.1) is 6.10 Å². The lowest BCUT2D eigenvalue weighted by Crippen LogP contribution is -2.04. The number of hydrogen-bond donors (Lipinski definition) is 1. The Kier molecular flexibility index (Phi) is 3.55. The number of furan rings is 1. The molecule has 94 valence electrons. The van der Waals surface area contributed by atoms with Crippen LogP contribution in [0.4, 0.5) is 0 Å². The number of rotatable bonds is 4. The predicted molar refractivity (Wildman–Crippen MR) is 65.4 cm³/mol. The van der Waals surface area contributed by atoms with Crippen molar-refractivity contribution in [1.29, 1.82) is 0 Å². The van der Waals surface area contributed by atoms with Crippen LogP contribution in [0.5, 0.6) is 0 Å². The normalized spacial score (nSPS) is 12.1. The van der Waals surface area contributed by atoms with Gasteiger partial charge in [-0.25, -0.2) is 0 Å². The number of hydrogen-bond acceptors (Lipinski definition) is 4. The standard InChI is InChI=1S/C12H9ClNO4/c13-9-3-1-8(2-4-9)11-5-6-12(18-11)10(15)7-14(16)17/h1-7,10,15H/q-1. The van der Waals surface area contributed by atoms with E-state index in [0.717, 1.165) is 5.56 Å². The van der Waals surface area contributed by atoms with Gasteiger partial charge in [-0.05, 0) is 42.9 Å². The molecule has 1 unspecified atom stereocenters. The van der Waals surface area contributed by atoms with Gasteiger partial charge in [0.1, 0.15) is 11.5 Å². The van der Waals surface area contributed by atoms with E-state index < -0.39 is 11.0 Å². The van der Waals surface area contributed by atoms with Crippen molar-refractivity contribution in [3.8, 4) is 11.3 Å². The van der Waals surface area contributed by atoms with Gasteiger partial charge in [0.25, 0.3) is 0 Å². The van der Waals surface area contributed by atoms with Crippen LogP contribution in [-0.4, -0.2) is 10.0 Å². The molecule has 0 bridgehead atoms. The molecule has 2 aromatic rings. The lowest BCUT2D eigenvalue weighted by molar-refractivity contribution is -0.447. The third-order valence-corrected chi connectivity index (χ3v) is 2.56. The van der Waals surface area contributed by atoms with E-state index >= 15 is 0 Å². The number of halogens is 1. The first-order chi connectivity index (χ1) is 8.56. The van der Waals surface area contributed by atoms with Crippen molar-refractivity contribution in [3.63, 3.8) is 0 Å². The van der Waals surface area contributed by atoms with Gasteiger partial charge < -0.3 is 9.52 Å². The van der Waals surface area contributed by atoms with Crippen LogP contribution in [0.15, 0.2) is 40.8 Å². The maximum atomic E-state index is 10.2. The molecule has 1 aromatic carbocycles. The molecular weight excluding hydrogens is 258 g/mol. The van der Waals surface area contributed by atoms with Crippen molar-refractivity contribution < 1.29 is 14.4 Å². The summed E-state index contributed by atoms with van der Waals surface area (Å²) in [6.45, 7) is 0.560. The number of benzene rings is 1. The van der Waals surface area contributed by atoms with E-state index in [2.05, 4.69) is 0 Å². The van der Waals surface area contributed by atoms with Gasteiger partial charge in [-0.15, -0.1) is 4.92 Å². The molecule has 0 radical (unpaired) electrons. The molecule has 0 amide bonds. The monoisotopic (exact) mass is 266 g/mol. The molecule has 5 nitrogen and oxygen atoms in total. The highest BCUT2D eigenvalue weighted by Crippen LogP contribution is 2.27. The third-order valence-electron chi connectivity index (χ3n) is 2.31. The van der Waals surface area contributed by atoms with Gasteiger partial charge in [-0.1, -0.05) is 11.6 Å². The largest absolute Gasteiger partial charge is 0.461 e. The first-order valence-electron chi connectivity index (χ1n) is 5.08. The number of aliphatic hydroxyl groups excluding tert-OH is 1. The minimum atomic E-state index is -1.36. The van der Waals surface area contributed by atoms with Crippen molar-refractivity contribution in [1.82, 2.24) is 0 Å². The Morgan fingerprint density at radius 2 is 1.94 bits per heavy atom. The second-order valence-corrected chi connectivity index (χ2v) is 4.02. The molecule has 18 heavy (non-hydrogen) atoms. The van der Waals surface area contributed by atoms with E-state index in [9.17, 15) is 15.2 Å². The predicted octanol–water partition coefficient (Wildman–Crippen LogP) is 3.07. The summed E-state index contributed by atoms with van der Waals surface area (Å²) in [6, 6.07) is 10.1. The molecule has 0 fully saturated rings. The molecule has 1 aromatic heterocycles. The first kappa shape index (κ1) is 12.5. The van der Waals surface area contributed by atoms with E-state index in [1.807, 2.05) is 0 Å². The average Bonchev–Trinajstić information content (AvgIpc) is 2.78. The molecule has 0 aliphatic carbocycles. The Labute approximate surface area is 108 Å². The van der Waals surface area contributed by atoms with Crippen LogP contribution in [0, 0.1) is 16.7 Å². The van der Waals surface area contributed by atoms with Crippen LogP contribution in [0.3, 0.4) is 0 Å². The second-order valence-electron chi connectivity index (χ2n) is 3.59. The van der Waals surface area contributed by atoms with Crippen molar-refractivity contribution in [2.24, 2.45) is 0 Å². The van der Waals surface area contributed by atoms with E-state index in [-0.39, 0.29) is 5.76 Å². The van der Waals surface area contributed by atoms with Crippen LogP contribution in [0.25, 0.3) is 11.3 Å². The highest BCUT2D eigenvalue weighted by Gasteiger charge is 2.10. The molecule has 1 atom stereocenters. The molecule has 0 spiro atoms. The van der Waals surface area contributed by atoms with Gasteiger partial charge >= 0.3 is 0 Å². The summed E-state index contributed by atoms with van der Waals surface area (Å²) in [4.78, 5) is 9.52. The topological polar surface area (TPSA) is 76.5 Å². The molecule has 6 heteroatoms. The fourth-order valence-electron chi connectivity index (χ4n) is 1.47. The van der Waals surface area contributed by atoms with Crippen LogP contribution in [-0.2, 0) is 0 Å². The van der Waals surface area contributed by atoms with Crippen molar-refractivity contribution in [2.45, 2.75) is 6.10 Å². The zero-order valence-corrected chi connectivity index (χ0v) is 9.87. The van der Waals surface area contributed by atoms with Crippen LogP contribution < -0.4 is 0 Å². The van der Waals surface area contributed by atoms with Crippen molar-refractivity contribution in [3.05, 3.63) is 63.8 Å². The zero-order valence-electron chi connectivity index (χ0n) is 9.12. The first-order valence-corrected chi connectivity index (χ1v) is 5.46. The zero-order chi connectivity index (χ0) is 13.1. The van der Waals surface area contributed by atoms with Crippen LogP contribution in [0.1, 0.15) is 11.9 Å². The number of nitrogens with zero attached hydrogens (tertiary/aromatic N) is 1. The lowest BCUT2D eigenvalue weighted by Gasteiger charge is -2.10. The van der Waals surface area contributed by atoms with Crippen molar-refractivity contribution >= 4 is 11.6 Å². The SMILES string of the molecule is O=[N+]([O-])[CH-]C(O)c1ccc(-c2ccc(Cl)cc2)o1. The molecule has 2 rings (SSSR count). The van der Waals surface area contributed by atoms with Gasteiger partial charge in [0, 0.05) is 10.6 Å². The molecule has 0 aliphatic rings. The minimum Gasteiger partial charge on any atom is -0.461 e. The molecular formula is C12H9ClNO4-. The molecule has 0 saturated carbocycles. The molecule has 1 heterocycles. The Bertz CT molecular complexity index is 549. The lowest BCUT2D eigenvalue weighted by atomic mass is 10.2. The highest BCUT2D eigenvalue weighted by molar-refractivity contribution is 6.30. The Morgan fingerprint density at radius 1 is 1.28 bits per heavy atom. The van der Waals surface area contributed by atoms with E-state index in [4.69, 9.17) is 16.0 Å². The summed E-state index contributed by atoms with van der Waals surface area (Å²) < 4.78 is 5.34. The smallest absolute Gasteiger partial charge is 0.134 e. The second kappa shape index (κ2) is 5.12.